The van der Waals surface area contributed by atoms with E-state index in [4.69, 9.17) is 0 Å². The SMILES string of the molecule is CCCC(C)/C(O)=C/C(=O)C(C)CC. The molecule has 0 saturated carbocycles. The Kier molecular flexibility index (Phi) is 6.26. The third-order valence-corrected chi connectivity index (χ3v) is 2.61. The van der Waals surface area contributed by atoms with Crippen LogP contribution in [0.5, 0.6) is 0 Å². The molecule has 0 heterocycles. The van der Waals surface area contributed by atoms with Gasteiger partial charge in [-0.2, -0.15) is 0 Å². The van der Waals surface area contributed by atoms with Gasteiger partial charge in [0, 0.05) is 17.9 Å². The molecular weight excluding hydrogens is 176 g/mol. The van der Waals surface area contributed by atoms with Crippen LogP contribution in [0.3, 0.4) is 0 Å². The first-order chi connectivity index (χ1) is 6.52. The summed E-state index contributed by atoms with van der Waals surface area (Å²) in [5, 5.41) is 9.60. The van der Waals surface area contributed by atoms with Crippen molar-refractivity contribution in [1.82, 2.24) is 0 Å². The van der Waals surface area contributed by atoms with E-state index in [0.717, 1.165) is 19.3 Å². The molecule has 0 fully saturated rings. The van der Waals surface area contributed by atoms with Crippen molar-refractivity contribution in [3.05, 3.63) is 11.8 Å². The number of rotatable bonds is 6. The number of carbonyl (C=O) groups excluding carboxylic acids is 1. The van der Waals surface area contributed by atoms with Crippen molar-refractivity contribution in [1.29, 1.82) is 0 Å². The Morgan fingerprint density at radius 1 is 1.29 bits per heavy atom. The van der Waals surface area contributed by atoms with Crippen LogP contribution in [0.4, 0.5) is 0 Å². The zero-order chi connectivity index (χ0) is 11.1. The highest BCUT2D eigenvalue weighted by Gasteiger charge is 2.12. The van der Waals surface area contributed by atoms with Crippen LogP contribution in [-0.4, -0.2) is 10.9 Å². The second-order valence-corrected chi connectivity index (χ2v) is 3.97. The summed E-state index contributed by atoms with van der Waals surface area (Å²) in [4.78, 5) is 11.5. The van der Waals surface area contributed by atoms with Gasteiger partial charge in [0.15, 0.2) is 5.78 Å². The second-order valence-electron chi connectivity index (χ2n) is 3.97. The lowest BCUT2D eigenvalue weighted by Crippen LogP contribution is -2.09. The summed E-state index contributed by atoms with van der Waals surface area (Å²) in [7, 11) is 0. The van der Waals surface area contributed by atoms with Gasteiger partial charge in [-0.3, -0.25) is 4.79 Å². The lowest BCUT2D eigenvalue weighted by molar-refractivity contribution is -0.118. The Morgan fingerprint density at radius 2 is 1.86 bits per heavy atom. The van der Waals surface area contributed by atoms with Crippen molar-refractivity contribution in [3.63, 3.8) is 0 Å². The molecule has 0 rings (SSSR count). The molecule has 1 N–H and O–H groups in total. The first-order valence-electron chi connectivity index (χ1n) is 5.47. The predicted molar refractivity (Wildman–Crippen MR) is 59.2 cm³/mol. The minimum absolute atomic E-state index is 0.0194. The first kappa shape index (κ1) is 13.2. The van der Waals surface area contributed by atoms with Gasteiger partial charge in [-0.15, -0.1) is 0 Å². The second kappa shape index (κ2) is 6.63. The molecule has 0 spiro atoms. The van der Waals surface area contributed by atoms with Gasteiger partial charge >= 0.3 is 0 Å². The molecule has 2 nitrogen and oxygen atoms in total. The van der Waals surface area contributed by atoms with Gasteiger partial charge in [0.25, 0.3) is 0 Å². The summed E-state index contributed by atoms with van der Waals surface area (Å²) in [5.74, 6) is 0.393. The largest absolute Gasteiger partial charge is 0.512 e. The van der Waals surface area contributed by atoms with E-state index in [1.54, 1.807) is 0 Å². The molecule has 0 aliphatic heterocycles. The lowest BCUT2D eigenvalue weighted by atomic mass is 9.98. The highest BCUT2D eigenvalue weighted by molar-refractivity contribution is 5.91. The fraction of sp³-hybridized carbons (Fsp3) is 0.750. The topological polar surface area (TPSA) is 37.3 Å². The number of ketones is 1. The summed E-state index contributed by atoms with van der Waals surface area (Å²) in [6.45, 7) is 7.87. The molecule has 0 aliphatic rings. The van der Waals surface area contributed by atoms with Crippen LogP contribution in [0.15, 0.2) is 11.8 Å². The van der Waals surface area contributed by atoms with Crippen LogP contribution in [0, 0.1) is 11.8 Å². The van der Waals surface area contributed by atoms with E-state index in [9.17, 15) is 9.90 Å². The number of aliphatic hydroxyl groups excluding tert-OH is 1. The number of hydrogen-bond donors (Lipinski definition) is 1. The standard InChI is InChI=1S/C12H22O2/c1-5-7-10(4)12(14)8-11(13)9(3)6-2/h8-10,14H,5-7H2,1-4H3/b12-8-. The fourth-order valence-corrected chi connectivity index (χ4v) is 1.21. The van der Waals surface area contributed by atoms with Crippen molar-refractivity contribution in [2.75, 3.05) is 0 Å². The van der Waals surface area contributed by atoms with Gasteiger partial charge in [-0.25, -0.2) is 0 Å². The third kappa shape index (κ3) is 4.45. The van der Waals surface area contributed by atoms with Crippen LogP contribution in [0.25, 0.3) is 0 Å². The summed E-state index contributed by atoms with van der Waals surface area (Å²) >= 11 is 0. The van der Waals surface area contributed by atoms with E-state index in [1.807, 2.05) is 20.8 Å². The predicted octanol–water partition coefficient (Wildman–Crippen LogP) is 3.48. The van der Waals surface area contributed by atoms with E-state index in [0.29, 0.717) is 0 Å². The summed E-state index contributed by atoms with van der Waals surface area (Å²) in [5.41, 5.74) is 0. The van der Waals surface area contributed by atoms with Gasteiger partial charge < -0.3 is 5.11 Å². The molecule has 82 valence electrons. The van der Waals surface area contributed by atoms with Gasteiger partial charge in [0.1, 0.15) is 0 Å². The van der Waals surface area contributed by atoms with E-state index >= 15 is 0 Å². The van der Waals surface area contributed by atoms with Crippen LogP contribution >= 0.6 is 0 Å². The minimum atomic E-state index is 0.0194. The van der Waals surface area contributed by atoms with Crippen molar-refractivity contribution in [2.24, 2.45) is 11.8 Å². The van der Waals surface area contributed by atoms with E-state index in [1.165, 1.54) is 6.08 Å². The Morgan fingerprint density at radius 3 is 2.29 bits per heavy atom. The molecule has 0 amide bonds. The molecule has 0 aromatic carbocycles. The van der Waals surface area contributed by atoms with Crippen LogP contribution in [0.2, 0.25) is 0 Å². The highest BCUT2D eigenvalue weighted by atomic mass is 16.3. The molecular formula is C12H22O2. The Balaban J connectivity index is 4.28. The maximum absolute atomic E-state index is 11.5. The quantitative estimate of drug-likeness (QED) is 0.524. The van der Waals surface area contributed by atoms with E-state index in [2.05, 4.69) is 6.92 Å². The van der Waals surface area contributed by atoms with Crippen LogP contribution < -0.4 is 0 Å². The monoisotopic (exact) mass is 198 g/mol. The summed E-state index contributed by atoms with van der Waals surface area (Å²) in [6.07, 6.45) is 4.17. The zero-order valence-corrected chi connectivity index (χ0v) is 9.71. The minimum Gasteiger partial charge on any atom is -0.512 e. The first-order valence-corrected chi connectivity index (χ1v) is 5.47. The highest BCUT2D eigenvalue weighted by Crippen LogP contribution is 2.15. The summed E-state index contributed by atoms with van der Waals surface area (Å²) in [6, 6.07) is 0. The number of aliphatic hydroxyl groups is 1. The van der Waals surface area contributed by atoms with Crippen LogP contribution in [-0.2, 0) is 4.79 Å². The van der Waals surface area contributed by atoms with E-state index in [-0.39, 0.29) is 23.4 Å². The van der Waals surface area contributed by atoms with Crippen LogP contribution in [0.1, 0.15) is 47.0 Å². The van der Waals surface area contributed by atoms with Gasteiger partial charge in [-0.1, -0.05) is 34.1 Å². The van der Waals surface area contributed by atoms with Crippen molar-refractivity contribution >= 4 is 5.78 Å². The number of carbonyl (C=O) groups is 1. The molecule has 0 aromatic rings. The molecule has 0 saturated heterocycles. The average molecular weight is 198 g/mol. The Labute approximate surface area is 87.0 Å². The number of allylic oxidation sites excluding steroid dienone is 2. The molecule has 2 atom stereocenters. The summed E-state index contributed by atoms with van der Waals surface area (Å²) < 4.78 is 0. The molecule has 0 bridgehead atoms. The maximum Gasteiger partial charge on any atom is 0.161 e. The van der Waals surface area contributed by atoms with Crippen molar-refractivity contribution in [3.8, 4) is 0 Å². The molecule has 2 unspecified atom stereocenters. The zero-order valence-electron chi connectivity index (χ0n) is 9.71. The molecule has 0 aromatic heterocycles. The fourth-order valence-electron chi connectivity index (χ4n) is 1.21. The maximum atomic E-state index is 11.5. The van der Waals surface area contributed by atoms with Crippen molar-refractivity contribution < 1.29 is 9.90 Å². The molecule has 2 heteroatoms. The number of hydrogen-bond acceptors (Lipinski definition) is 2. The van der Waals surface area contributed by atoms with Gasteiger partial charge in [-0.05, 0) is 12.8 Å². The Bertz CT molecular complexity index is 206. The average Bonchev–Trinajstić information content (AvgIpc) is 2.16. The smallest absolute Gasteiger partial charge is 0.161 e. The van der Waals surface area contributed by atoms with E-state index < -0.39 is 0 Å². The van der Waals surface area contributed by atoms with Crippen molar-refractivity contribution in [2.45, 2.75) is 47.0 Å². The van der Waals surface area contributed by atoms with Gasteiger partial charge in [0.05, 0.1) is 5.76 Å². The Hall–Kier alpha value is -0.790. The lowest BCUT2D eigenvalue weighted by Gasteiger charge is -2.10. The normalized spacial score (nSPS) is 16.4. The molecule has 0 radical (unpaired) electrons. The van der Waals surface area contributed by atoms with Gasteiger partial charge in [0.2, 0.25) is 0 Å². The molecule has 14 heavy (non-hydrogen) atoms. The molecule has 0 aliphatic carbocycles. The third-order valence-electron chi connectivity index (χ3n) is 2.61.